The lowest BCUT2D eigenvalue weighted by Gasteiger charge is -2.25. The summed E-state index contributed by atoms with van der Waals surface area (Å²) in [6.07, 6.45) is 0.984. The summed E-state index contributed by atoms with van der Waals surface area (Å²) in [7, 11) is 1.89. The number of aliphatic imine (C=N–C) groups is 1. The first-order valence-electron chi connectivity index (χ1n) is 9.54. The molecule has 0 aliphatic heterocycles. The van der Waals surface area contributed by atoms with Crippen LogP contribution in [0, 0.1) is 0 Å². The smallest absolute Gasteiger partial charge is 0.242 e. The molecule has 0 atom stereocenters. The number of ether oxygens (including phenoxy) is 1. The quantitative estimate of drug-likeness (QED) is 0.311. The highest BCUT2D eigenvalue weighted by Crippen LogP contribution is 2.14. The Kier molecular flexibility index (Phi) is 13.7. The minimum Gasteiger partial charge on any atom is -0.494 e. The molecule has 1 amide bonds. The van der Waals surface area contributed by atoms with Gasteiger partial charge in [-0.15, -0.1) is 24.0 Å². The van der Waals surface area contributed by atoms with E-state index < -0.39 is 0 Å². The summed E-state index contributed by atoms with van der Waals surface area (Å²) in [6, 6.07) is 8.00. The second-order valence-corrected chi connectivity index (χ2v) is 6.09. The lowest BCUT2D eigenvalue weighted by Crippen LogP contribution is -2.45. The molecule has 0 aromatic heterocycles. The summed E-state index contributed by atoms with van der Waals surface area (Å²) in [5, 5.41) is 3.26. The number of likely N-dealkylation sites (N-methyl/N-ethyl adjacent to an activating group) is 2. The Morgan fingerprint density at radius 3 is 2.48 bits per heavy atom. The van der Waals surface area contributed by atoms with Gasteiger partial charge in [0.2, 0.25) is 5.91 Å². The van der Waals surface area contributed by atoms with Crippen molar-refractivity contribution in [3.05, 3.63) is 29.8 Å². The van der Waals surface area contributed by atoms with Gasteiger partial charge in [-0.2, -0.15) is 0 Å². The molecule has 0 fully saturated rings. The number of carbonyl (C=O) groups is 1. The van der Waals surface area contributed by atoms with E-state index in [-0.39, 0.29) is 29.9 Å². The van der Waals surface area contributed by atoms with Crippen LogP contribution in [0.2, 0.25) is 0 Å². The van der Waals surface area contributed by atoms with Gasteiger partial charge in [-0.1, -0.05) is 19.1 Å². The van der Waals surface area contributed by atoms with E-state index in [1.807, 2.05) is 61.9 Å². The second kappa shape index (κ2) is 14.5. The Bertz CT molecular complexity index is 577. The van der Waals surface area contributed by atoms with Crippen LogP contribution in [-0.2, 0) is 11.3 Å². The molecule has 0 bridgehead atoms. The third kappa shape index (κ3) is 9.30. The second-order valence-electron chi connectivity index (χ2n) is 6.09. The number of hydrogen-bond acceptors (Lipinski definition) is 3. The molecule has 0 saturated heterocycles. The van der Waals surface area contributed by atoms with Crippen LogP contribution in [0.1, 0.15) is 39.7 Å². The number of guanidine groups is 1. The molecule has 0 saturated carbocycles. The van der Waals surface area contributed by atoms with Crippen LogP contribution in [0.3, 0.4) is 0 Å². The maximum atomic E-state index is 12.3. The molecule has 0 aliphatic rings. The van der Waals surface area contributed by atoms with Gasteiger partial charge in [0, 0.05) is 26.7 Å². The fourth-order valence-corrected chi connectivity index (χ4v) is 2.54. The van der Waals surface area contributed by atoms with Crippen LogP contribution in [0.25, 0.3) is 0 Å². The highest BCUT2D eigenvalue weighted by molar-refractivity contribution is 14.0. The van der Waals surface area contributed by atoms with Crippen molar-refractivity contribution < 1.29 is 9.53 Å². The number of hydrogen-bond donors (Lipinski definition) is 1. The average molecular weight is 490 g/mol. The Balaban J connectivity index is 0.00000676. The topological polar surface area (TPSA) is 57.2 Å². The largest absolute Gasteiger partial charge is 0.494 e. The van der Waals surface area contributed by atoms with Crippen LogP contribution in [0.4, 0.5) is 0 Å². The summed E-state index contributed by atoms with van der Waals surface area (Å²) in [4.78, 5) is 20.7. The van der Waals surface area contributed by atoms with Gasteiger partial charge in [-0.25, -0.2) is 4.99 Å². The van der Waals surface area contributed by atoms with Crippen molar-refractivity contribution in [2.75, 3.05) is 39.8 Å². The zero-order valence-corrected chi connectivity index (χ0v) is 19.7. The zero-order valence-electron chi connectivity index (χ0n) is 17.3. The van der Waals surface area contributed by atoms with Gasteiger partial charge in [0.15, 0.2) is 5.96 Å². The lowest BCUT2D eigenvalue weighted by molar-refractivity contribution is -0.131. The van der Waals surface area contributed by atoms with E-state index in [9.17, 15) is 4.79 Å². The maximum absolute atomic E-state index is 12.3. The van der Waals surface area contributed by atoms with Crippen molar-refractivity contribution in [2.45, 2.75) is 40.7 Å². The molecular weight excluding hydrogens is 455 g/mol. The lowest BCUT2D eigenvalue weighted by atomic mass is 10.2. The summed E-state index contributed by atoms with van der Waals surface area (Å²) >= 11 is 0. The number of halogens is 1. The number of rotatable bonds is 10. The summed E-state index contributed by atoms with van der Waals surface area (Å²) in [5.41, 5.74) is 1.08. The molecule has 7 heteroatoms. The van der Waals surface area contributed by atoms with Gasteiger partial charge in [0.25, 0.3) is 0 Å². The minimum absolute atomic E-state index is 0. The highest BCUT2D eigenvalue weighted by Gasteiger charge is 2.14. The van der Waals surface area contributed by atoms with E-state index in [1.165, 1.54) is 0 Å². The SMILES string of the molecule is CCCOc1cccc(CN=C(NCC)N(C)CC(=O)N(CC)CC)c1.I. The van der Waals surface area contributed by atoms with Crippen molar-refractivity contribution in [1.29, 1.82) is 0 Å². The molecule has 1 rings (SSSR count). The third-order valence-corrected chi connectivity index (χ3v) is 3.97. The maximum Gasteiger partial charge on any atom is 0.242 e. The van der Waals surface area contributed by atoms with E-state index in [1.54, 1.807) is 0 Å². The number of nitrogens with zero attached hydrogens (tertiary/aromatic N) is 3. The monoisotopic (exact) mass is 490 g/mol. The van der Waals surface area contributed by atoms with Gasteiger partial charge in [0.1, 0.15) is 5.75 Å². The van der Waals surface area contributed by atoms with Crippen LogP contribution in [0.15, 0.2) is 29.3 Å². The molecule has 1 aromatic carbocycles. The highest BCUT2D eigenvalue weighted by atomic mass is 127. The first-order chi connectivity index (χ1) is 12.5. The molecule has 0 spiro atoms. The number of nitrogens with one attached hydrogen (secondary N) is 1. The van der Waals surface area contributed by atoms with Crippen LogP contribution < -0.4 is 10.1 Å². The Hall–Kier alpha value is -1.51. The van der Waals surface area contributed by atoms with E-state index in [0.717, 1.165) is 43.3 Å². The van der Waals surface area contributed by atoms with E-state index in [4.69, 9.17) is 4.74 Å². The number of carbonyl (C=O) groups excluding carboxylic acids is 1. The molecule has 0 unspecified atom stereocenters. The molecule has 6 nitrogen and oxygen atoms in total. The fourth-order valence-electron chi connectivity index (χ4n) is 2.54. The van der Waals surface area contributed by atoms with Crippen molar-refractivity contribution in [1.82, 2.24) is 15.1 Å². The number of benzene rings is 1. The summed E-state index contributed by atoms with van der Waals surface area (Å²) in [5.74, 6) is 1.71. The molecule has 0 aliphatic carbocycles. The van der Waals surface area contributed by atoms with Crippen molar-refractivity contribution >= 4 is 35.8 Å². The summed E-state index contributed by atoms with van der Waals surface area (Å²) < 4.78 is 5.68. The van der Waals surface area contributed by atoms with Gasteiger partial charge >= 0.3 is 0 Å². The first-order valence-corrected chi connectivity index (χ1v) is 9.54. The van der Waals surface area contributed by atoms with Crippen molar-refractivity contribution in [3.63, 3.8) is 0 Å². The van der Waals surface area contributed by atoms with Crippen LogP contribution in [-0.4, -0.2) is 61.5 Å². The molecule has 0 radical (unpaired) electrons. The standard InChI is InChI=1S/C20H34N4O2.HI/c1-6-13-26-18-12-10-11-17(14-18)15-22-20(21-7-2)23(5)16-19(25)24(8-3)9-4;/h10-12,14H,6-9,13,15-16H2,1-5H3,(H,21,22);1H. The van der Waals surface area contributed by atoms with Gasteiger partial charge in [0.05, 0.1) is 19.7 Å². The molecule has 27 heavy (non-hydrogen) atoms. The van der Waals surface area contributed by atoms with Gasteiger partial charge in [-0.3, -0.25) is 4.79 Å². The van der Waals surface area contributed by atoms with Gasteiger partial charge in [-0.05, 0) is 44.9 Å². The average Bonchev–Trinajstić information content (AvgIpc) is 2.64. The normalized spacial score (nSPS) is 10.8. The molecular formula is C20H35IN4O2. The third-order valence-electron chi connectivity index (χ3n) is 3.97. The van der Waals surface area contributed by atoms with Crippen molar-refractivity contribution in [3.8, 4) is 5.75 Å². The molecule has 154 valence electrons. The van der Waals surface area contributed by atoms with E-state index in [2.05, 4.69) is 17.2 Å². The van der Waals surface area contributed by atoms with E-state index in [0.29, 0.717) is 19.7 Å². The fraction of sp³-hybridized carbons (Fsp3) is 0.600. The number of amides is 1. The molecule has 0 heterocycles. The Morgan fingerprint density at radius 2 is 1.89 bits per heavy atom. The molecule has 1 aromatic rings. The predicted octanol–water partition coefficient (Wildman–Crippen LogP) is 3.36. The first kappa shape index (κ1) is 25.5. The summed E-state index contributed by atoms with van der Waals surface area (Å²) in [6.45, 7) is 11.9. The van der Waals surface area contributed by atoms with Crippen LogP contribution in [0.5, 0.6) is 5.75 Å². The minimum atomic E-state index is 0. The predicted molar refractivity (Wildman–Crippen MR) is 123 cm³/mol. The van der Waals surface area contributed by atoms with Crippen molar-refractivity contribution in [2.24, 2.45) is 4.99 Å². The molecule has 1 N–H and O–H groups in total. The van der Waals surface area contributed by atoms with Crippen LogP contribution >= 0.6 is 24.0 Å². The Labute approximate surface area is 181 Å². The Morgan fingerprint density at radius 1 is 1.19 bits per heavy atom. The van der Waals surface area contributed by atoms with E-state index >= 15 is 0 Å². The zero-order chi connectivity index (χ0) is 19.4. The van der Waals surface area contributed by atoms with Gasteiger partial charge < -0.3 is 19.9 Å².